The van der Waals surface area contributed by atoms with Gasteiger partial charge in [-0.2, -0.15) is 5.10 Å². The standard InChI is InChI=1S/C12H14BrN3O/c1-7-4-5-8(10(13)11(7)17-3)9-6-15-16(2)12(9)14/h4-6H,14H2,1-3H3. The number of aryl methyl sites for hydroxylation is 2. The summed E-state index contributed by atoms with van der Waals surface area (Å²) in [5.74, 6) is 1.46. The first kappa shape index (κ1) is 12.0. The Kier molecular flexibility index (Phi) is 3.11. The molecule has 0 aliphatic rings. The highest BCUT2D eigenvalue weighted by Crippen LogP contribution is 2.39. The van der Waals surface area contributed by atoms with Crippen LogP contribution in [0, 0.1) is 6.92 Å². The maximum atomic E-state index is 5.97. The van der Waals surface area contributed by atoms with Crippen LogP contribution in [0.25, 0.3) is 11.1 Å². The van der Waals surface area contributed by atoms with E-state index < -0.39 is 0 Å². The Hall–Kier alpha value is -1.49. The Morgan fingerprint density at radius 1 is 1.35 bits per heavy atom. The van der Waals surface area contributed by atoms with E-state index in [4.69, 9.17) is 10.5 Å². The van der Waals surface area contributed by atoms with Crippen LogP contribution < -0.4 is 10.5 Å². The molecule has 0 spiro atoms. The van der Waals surface area contributed by atoms with Crippen molar-refractivity contribution in [3.05, 3.63) is 28.4 Å². The molecule has 0 aliphatic carbocycles. The quantitative estimate of drug-likeness (QED) is 0.927. The molecule has 0 aliphatic heterocycles. The lowest BCUT2D eigenvalue weighted by Crippen LogP contribution is -1.98. The predicted octanol–water partition coefficient (Wildman–Crippen LogP) is 2.75. The molecule has 1 aromatic carbocycles. The Labute approximate surface area is 109 Å². The highest BCUT2D eigenvalue weighted by Gasteiger charge is 2.15. The third-order valence-corrected chi connectivity index (χ3v) is 3.56. The topological polar surface area (TPSA) is 53.1 Å². The van der Waals surface area contributed by atoms with E-state index in [0.29, 0.717) is 5.82 Å². The van der Waals surface area contributed by atoms with Gasteiger partial charge in [-0.1, -0.05) is 12.1 Å². The summed E-state index contributed by atoms with van der Waals surface area (Å²) in [4.78, 5) is 0. The highest BCUT2D eigenvalue weighted by atomic mass is 79.9. The van der Waals surface area contributed by atoms with Crippen molar-refractivity contribution in [2.75, 3.05) is 12.8 Å². The van der Waals surface area contributed by atoms with Crippen molar-refractivity contribution < 1.29 is 4.74 Å². The van der Waals surface area contributed by atoms with Gasteiger partial charge in [0.2, 0.25) is 0 Å². The molecule has 0 unspecified atom stereocenters. The molecular weight excluding hydrogens is 282 g/mol. The number of benzene rings is 1. The third kappa shape index (κ3) is 1.91. The van der Waals surface area contributed by atoms with Crippen molar-refractivity contribution in [3.8, 4) is 16.9 Å². The number of nitrogens with two attached hydrogens (primary N) is 1. The van der Waals surface area contributed by atoms with E-state index in [9.17, 15) is 0 Å². The van der Waals surface area contributed by atoms with Gasteiger partial charge in [-0.05, 0) is 28.4 Å². The minimum Gasteiger partial charge on any atom is -0.495 e. The van der Waals surface area contributed by atoms with Gasteiger partial charge in [0.05, 0.1) is 17.8 Å². The molecule has 5 heteroatoms. The normalized spacial score (nSPS) is 10.6. The molecule has 1 aromatic heterocycles. The molecule has 90 valence electrons. The summed E-state index contributed by atoms with van der Waals surface area (Å²) < 4.78 is 7.92. The molecule has 17 heavy (non-hydrogen) atoms. The number of rotatable bonds is 2. The molecule has 0 bridgehead atoms. The maximum absolute atomic E-state index is 5.97. The van der Waals surface area contributed by atoms with Gasteiger partial charge >= 0.3 is 0 Å². The summed E-state index contributed by atoms with van der Waals surface area (Å²) in [6.07, 6.45) is 1.75. The van der Waals surface area contributed by atoms with E-state index in [2.05, 4.69) is 21.0 Å². The third-order valence-electron chi connectivity index (χ3n) is 2.77. The fraction of sp³-hybridized carbons (Fsp3) is 0.250. The lowest BCUT2D eigenvalue weighted by atomic mass is 10.1. The zero-order valence-electron chi connectivity index (χ0n) is 9.99. The Balaban J connectivity index is 2.65. The average Bonchev–Trinajstić information content (AvgIpc) is 2.61. The van der Waals surface area contributed by atoms with Crippen LogP contribution in [0.4, 0.5) is 5.82 Å². The number of ether oxygens (including phenoxy) is 1. The first-order chi connectivity index (χ1) is 8.06. The molecular formula is C12H14BrN3O. The zero-order valence-corrected chi connectivity index (χ0v) is 11.6. The van der Waals surface area contributed by atoms with E-state index in [0.717, 1.165) is 26.9 Å². The van der Waals surface area contributed by atoms with Crippen LogP contribution in [0.5, 0.6) is 5.75 Å². The van der Waals surface area contributed by atoms with Crippen LogP contribution in [-0.2, 0) is 7.05 Å². The summed E-state index contributed by atoms with van der Waals surface area (Å²) in [5, 5.41) is 4.14. The number of nitrogen functional groups attached to an aromatic ring is 1. The van der Waals surface area contributed by atoms with Crippen molar-refractivity contribution >= 4 is 21.7 Å². The second-order valence-corrected chi connectivity index (χ2v) is 4.64. The van der Waals surface area contributed by atoms with Crippen LogP contribution in [0.3, 0.4) is 0 Å². The Morgan fingerprint density at radius 2 is 2.06 bits per heavy atom. The summed E-state index contributed by atoms with van der Waals surface area (Å²) in [6, 6.07) is 4.01. The first-order valence-electron chi connectivity index (χ1n) is 5.17. The Bertz CT molecular complexity index is 563. The van der Waals surface area contributed by atoms with Crippen molar-refractivity contribution in [2.45, 2.75) is 6.92 Å². The predicted molar refractivity (Wildman–Crippen MR) is 72.0 cm³/mol. The van der Waals surface area contributed by atoms with Crippen LogP contribution in [0.1, 0.15) is 5.56 Å². The number of anilines is 1. The van der Waals surface area contributed by atoms with Crippen molar-refractivity contribution in [2.24, 2.45) is 7.05 Å². The van der Waals surface area contributed by atoms with Crippen LogP contribution >= 0.6 is 15.9 Å². The number of halogens is 1. The molecule has 0 saturated carbocycles. The lowest BCUT2D eigenvalue weighted by molar-refractivity contribution is 0.409. The van der Waals surface area contributed by atoms with Crippen LogP contribution in [0.2, 0.25) is 0 Å². The molecule has 2 aromatic rings. The molecule has 2 rings (SSSR count). The largest absolute Gasteiger partial charge is 0.495 e. The smallest absolute Gasteiger partial charge is 0.136 e. The van der Waals surface area contributed by atoms with Crippen LogP contribution in [0.15, 0.2) is 22.8 Å². The molecule has 2 N–H and O–H groups in total. The van der Waals surface area contributed by atoms with Crippen molar-refractivity contribution in [1.82, 2.24) is 9.78 Å². The molecule has 1 heterocycles. The zero-order chi connectivity index (χ0) is 12.6. The first-order valence-corrected chi connectivity index (χ1v) is 5.96. The lowest BCUT2D eigenvalue weighted by Gasteiger charge is -2.11. The van der Waals surface area contributed by atoms with Gasteiger partial charge in [0.15, 0.2) is 0 Å². The van der Waals surface area contributed by atoms with Gasteiger partial charge in [0.25, 0.3) is 0 Å². The number of hydrogen-bond donors (Lipinski definition) is 1. The van der Waals surface area contributed by atoms with Gasteiger partial charge in [-0.3, -0.25) is 4.68 Å². The fourth-order valence-electron chi connectivity index (χ4n) is 1.77. The number of hydrogen-bond acceptors (Lipinski definition) is 3. The monoisotopic (exact) mass is 295 g/mol. The summed E-state index contributed by atoms with van der Waals surface area (Å²) >= 11 is 3.55. The van der Waals surface area contributed by atoms with E-state index in [1.54, 1.807) is 18.0 Å². The number of methoxy groups -OCH3 is 1. The van der Waals surface area contributed by atoms with E-state index in [1.165, 1.54) is 0 Å². The average molecular weight is 296 g/mol. The van der Waals surface area contributed by atoms with Gasteiger partial charge < -0.3 is 10.5 Å². The van der Waals surface area contributed by atoms with Gasteiger partial charge in [-0.15, -0.1) is 0 Å². The van der Waals surface area contributed by atoms with E-state index in [1.807, 2.05) is 26.1 Å². The maximum Gasteiger partial charge on any atom is 0.136 e. The number of aromatic nitrogens is 2. The van der Waals surface area contributed by atoms with Crippen molar-refractivity contribution in [1.29, 1.82) is 0 Å². The van der Waals surface area contributed by atoms with Gasteiger partial charge in [-0.25, -0.2) is 0 Å². The van der Waals surface area contributed by atoms with E-state index >= 15 is 0 Å². The number of nitrogens with zero attached hydrogens (tertiary/aromatic N) is 2. The fourth-order valence-corrected chi connectivity index (χ4v) is 2.59. The van der Waals surface area contributed by atoms with Gasteiger partial charge in [0.1, 0.15) is 11.6 Å². The van der Waals surface area contributed by atoms with Crippen LogP contribution in [-0.4, -0.2) is 16.9 Å². The molecule has 0 amide bonds. The molecule has 4 nitrogen and oxygen atoms in total. The highest BCUT2D eigenvalue weighted by molar-refractivity contribution is 9.10. The van der Waals surface area contributed by atoms with Crippen molar-refractivity contribution in [3.63, 3.8) is 0 Å². The summed E-state index contributed by atoms with van der Waals surface area (Å²) in [7, 11) is 3.47. The second kappa shape index (κ2) is 4.41. The second-order valence-electron chi connectivity index (χ2n) is 3.84. The molecule has 0 fully saturated rings. The Morgan fingerprint density at radius 3 is 2.59 bits per heavy atom. The SMILES string of the molecule is COc1c(C)ccc(-c2cnn(C)c2N)c1Br. The summed E-state index contributed by atoms with van der Waals surface area (Å²) in [6.45, 7) is 2.00. The minimum atomic E-state index is 0.636. The molecule has 0 saturated heterocycles. The molecule has 0 atom stereocenters. The van der Waals surface area contributed by atoms with E-state index in [-0.39, 0.29) is 0 Å². The minimum absolute atomic E-state index is 0.636. The van der Waals surface area contributed by atoms with Gasteiger partial charge in [0, 0.05) is 18.2 Å². The molecule has 0 radical (unpaired) electrons. The summed E-state index contributed by atoms with van der Waals surface area (Å²) in [5.41, 5.74) is 8.93.